The van der Waals surface area contributed by atoms with Crippen molar-refractivity contribution >= 4 is 34.8 Å². The Morgan fingerprint density at radius 2 is 1.84 bits per heavy atom. The minimum atomic E-state index is -4.59. The van der Waals surface area contributed by atoms with Crippen molar-refractivity contribution < 1.29 is 32.6 Å². The van der Waals surface area contributed by atoms with E-state index in [4.69, 9.17) is 4.74 Å². The van der Waals surface area contributed by atoms with Crippen LogP contribution in [0.5, 0.6) is 0 Å². The van der Waals surface area contributed by atoms with Crippen LogP contribution in [0.3, 0.4) is 0 Å². The molecule has 0 spiro atoms. The molecular formula is C25H26F3N5O4S. The molecule has 0 radical (unpaired) electrons. The first-order valence-corrected chi connectivity index (χ1v) is 12.5. The van der Waals surface area contributed by atoms with E-state index in [0.717, 1.165) is 28.3 Å². The number of methoxy groups -OCH3 is 1. The summed E-state index contributed by atoms with van der Waals surface area (Å²) < 4.78 is 43.9. The molecule has 2 aromatic heterocycles. The quantitative estimate of drug-likeness (QED) is 0.384. The molecule has 13 heteroatoms. The van der Waals surface area contributed by atoms with Crippen molar-refractivity contribution in [1.82, 2.24) is 20.3 Å². The monoisotopic (exact) mass is 549 g/mol. The van der Waals surface area contributed by atoms with Gasteiger partial charge in [0.25, 0.3) is 0 Å². The van der Waals surface area contributed by atoms with Crippen LogP contribution in [0.4, 0.5) is 24.8 Å². The number of aromatic nitrogens is 3. The molecular weight excluding hydrogens is 523 g/mol. The fourth-order valence-electron chi connectivity index (χ4n) is 4.54. The fraction of sp³-hybridized carbons (Fsp3) is 0.400. The standard InChI is InChI=1S/C25H26F3N5O4S/c1-14-10-16(12-17(11-14)31-22-29-9-4-19(32-22)25(26,27)28)18-13-30-20(38-18)24(36)7-5-23(6-8-24,21(35)37-3)33-15(2)34/h4,9-13,36H,5-8H2,1-3H3,(H,33,34)(H,29,31,32). The van der Waals surface area contributed by atoms with Crippen molar-refractivity contribution in [2.75, 3.05) is 12.4 Å². The van der Waals surface area contributed by atoms with Crippen LogP contribution >= 0.6 is 11.3 Å². The second kappa shape index (κ2) is 10.3. The number of nitrogens with one attached hydrogen (secondary N) is 2. The number of ether oxygens (including phenoxy) is 1. The summed E-state index contributed by atoms with van der Waals surface area (Å²) in [6.07, 6.45) is -1.20. The van der Waals surface area contributed by atoms with Crippen molar-refractivity contribution in [2.45, 2.75) is 56.8 Å². The van der Waals surface area contributed by atoms with Gasteiger partial charge < -0.3 is 20.5 Å². The number of benzene rings is 1. The highest BCUT2D eigenvalue weighted by molar-refractivity contribution is 7.15. The van der Waals surface area contributed by atoms with Gasteiger partial charge in [-0.05, 0) is 61.9 Å². The Morgan fingerprint density at radius 3 is 2.47 bits per heavy atom. The van der Waals surface area contributed by atoms with Gasteiger partial charge in [-0.3, -0.25) is 4.79 Å². The molecule has 2 heterocycles. The summed E-state index contributed by atoms with van der Waals surface area (Å²) in [4.78, 5) is 36.7. The third-order valence-electron chi connectivity index (χ3n) is 6.39. The van der Waals surface area contributed by atoms with Gasteiger partial charge in [0.05, 0.1) is 12.0 Å². The predicted octanol–water partition coefficient (Wildman–Crippen LogP) is 4.48. The van der Waals surface area contributed by atoms with Gasteiger partial charge in [0.1, 0.15) is 21.8 Å². The Hall–Kier alpha value is -3.58. The highest BCUT2D eigenvalue weighted by Crippen LogP contribution is 2.44. The molecule has 0 bridgehead atoms. The van der Waals surface area contributed by atoms with Gasteiger partial charge in [-0.2, -0.15) is 13.2 Å². The molecule has 1 fully saturated rings. The van der Waals surface area contributed by atoms with Crippen molar-refractivity contribution in [3.8, 4) is 10.4 Å². The van der Waals surface area contributed by atoms with Crippen LogP contribution in [-0.4, -0.2) is 44.6 Å². The van der Waals surface area contributed by atoms with Crippen molar-refractivity contribution in [2.24, 2.45) is 0 Å². The van der Waals surface area contributed by atoms with Gasteiger partial charge >= 0.3 is 12.1 Å². The molecule has 1 aromatic carbocycles. The Balaban J connectivity index is 1.55. The summed E-state index contributed by atoms with van der Waals surface area (Å²) in [5.41, 5.74) is -1.48. The smallest absolute Gasteiger partial charge is 0.433 e. The number of halogens is 3. The van der Waals surface area contributed by atoms with E-state index >= 15 is 0 Å². The molecule has 9 nitrogen and oxygen atoms in total. The third-order valence-corrected chi connectivity index (χ3v) is 7.63. The predicted molar refractivity (Wildman–Crippen MR) is 134 cm³/mol. The molecule has 1 amide bonds. The van der Waals surface area contributed by atoms with Crippen molar-refractivity contribution in [3.63, 3.8) is 0 Å². The van der Waals surface area contributed by atoms with E-state index in [1.54, 1.807) is 18.3 Å². The molecule has 38 heavy (non-hydrogen) atoms. The van der Waals surface area contributed by atoms with Gasteiger partial charge in [0, 0.05) is 25.0 Å². The summed E-state index contributed by atoms with van der Waals surface area (Å²) in [6.45, 7) is 3.16. The lowest BCUT2D eigenvalue weighted by molar-refractivity contribution is -0.155. The maximum absolute atomic E-state index is 13.0. The SMILES string of the molecule is COC(=O)C1(NC(C)=O)CCC(O)(c2ncc(-c3cc(C)cc(Nc4nccc(C(F)(F)F)n4)c3)s2)CC1. The molecule has 1 aliphatic carbocycles. The first-order valence-electron chi connectivity index (χ1n) is 11.7. The van der Waals surface area contributed by atoms with Crippen molar-refractivity contribution in [3.05, 3.63) is 52.9 Å². The molecule has 4 rings (SSSR count). The number of hydrogen-bond acceptors (Lipinski definition) is 9. The number of carbonyl (C=O) groups excluding carboxylic acids is 2. The largest absolute Gasteiger partial charge is 0.467 e. The highest BCUT2D eigenvalue weighted by Gasteiger charge is 2.49. The van der Waals surface area contributed by atoms with E-state index in [2.05, 4.69) is 25.6 Å². The normalized spacial score (nSPS) is 21.6. The van der Waals surface area contributed by atoms with Gasteiger partial charge in [-0.15, -0.1) is 11.3 Å². The second-order valence-corrected chi connectivity index (χ2v) is 10.3. The zero-order chi connectivity index (χ0) is 27.7. The van der Waals surface area contributed by atoms with Crippen LogP contribution in [0.2, 0.25) is 0 Å². The van der Waals surface area contributed by atoms with Gasteiger partial charge in [0.2, 0.25) is 11.9 Å². The Bertz CT molecular complexity index is 1350. The summed E-state index contributed by atoms with van der Waals surface area (Å²) >= 11 is 1.28. The molecule has 1 aliphatic rings. The summed E-state index contributed by atoms with van der Waals surface area (Å²) in [5.74, 6) is -1.11. The van der Waals surface area contributed by atoms with Crippen LogP contribution in [0.25, 0.3) is 10.4 Å². The van der Waals surface area contributed by atoms with Crippen LogP contribution in [-0.2, 0) is 26.1 Å². The molecule has 0 aliphatic heterocycles. The van der Waals surface area contributed by atoms with E-state index in [9.17, 15) is 27.9 Å². The molecule has 3 aromatic rings. The number of rotatable bonds is 6. The Kier molecular flexibility index (Phi) is 7.44. The van der Waals surface area contributed by atoms with E-state index in [1.165, 1.54) is 25.4 Å². The number of esters is 1. The van der Waals surface area contributed by atoms with E-state index in [0.29, 0.717) is 10.7 Å². The number of alkyl halides is 3. The molecule has 3 N–H and O–H groups in total. The maximum atomic E-state index is 13.0. The molecule has 0 atom stereocenters. The number of hydrogen-bond donors (Lipinski definition) is 3. The number of aliphatic hydroxyl groups is 1. The zero-order valence-corrected chi connectivity index (χ0v) is 21.7. The number of carbonyl (C=O) groups is 2. The van der Waals surface area contributed by atoms with E-state index in [1.807, 2.05) is 13.0 Å². The van der Waals surface area contributed by atoms with Gasteiger partial charge in [-0.1, -0.05) is 6.07 Å². The van der Waals surface area contributed by atoms with Crippen LogP contribution in [0.1, 0.15) is 48.9 Å². The lowest BCUT2D eigenvalue weighted by Crippen LogP contribution is -2.58. The minimum Gasteiger partial charge on any atom is -0.467 e. The second-order valence-electron chi connectivity index (χ2n) is 9.29. The first kappa shape index (κ1) is 27.5. The van der Waals surface area contributed by atoms with Crippen LogP contribution in [0, 0.1) is 6.92 Å². The minimum absolute atomic E-state index is 0.181. The molecule has 0 saturated heterocycles. The number of aryl methyl sites for hydroxylation is 1. The third kappa shape index (κ3) is 5.78. The average Bonchev–Trinajstić information content (AvgIpc) is 3.36. The van der Waals surface area contributed by atoms with Crippen molar-refractivity contribution in [1.29, 1.82) is 0 Å². The topological polar surface area (TPSA) is 126 Å². The van der Waals surface area contributed by atoms with E-state index in [-0.39, 0.29) is 37.5 Å². The molecule has 202 valence electrons. The maximum Gasteiger partial charge on any atom is 0.433 e. The lowest BCUT2D eigenvalue weighted by atomic mass is 9.74. The Labute approximate surface area is 220 Å². The highest BCUT2D eigenvalue weighted by atomic mass is 32.1. The number of anilines is 2. The van der Waals surface area contributed by atoms with Gasteiger partial charge in [0.15, 0.2) is 0 Å². The van der Waals surface area contributed by atoms with Crippen LogP contribution < -0.4 is 10.6 Å². The van der Waals surface area contributed by atoms with E-state index < -0.39 is 29.0 Å². The van der Waals surface area contributed by atoms with Crippen LogP contribution in [0.15, 0.2) is 36.7 Å². The number of thiazole rings is 1. The number of amides is 1. The average molecular weight is 550 g/mol. The summed E-state index contributed by atoms with van der Waals surface area (Å²) in [7, 11) is 1.25. The summed E-state index contributed by atoms with van der Waals surface area (Å²) in [5, 5.41) is 17.4. The fourth-order valence-corrected chi connectivity index (χ4v) is 5.59. The molecule has 0 unspecified atom stereocenters. The van der Waals surface area contributed by atoms with Gasteiger partial charge in [-0.25, -0.2) is 19.7 Å². The number of nitrogens with zero attached hydrogens (tertiary/aromatic N) is 3. The first-order chi connectivity index (χ1) is 17.8. The molecule has 1 saturated carbocycles. The summed E-state index contributed by atoms with van der Waals surface area (Å²) in [6, 6.07) is 6.17. The Morgan fingerprint density at radius 1 is 1.13 bits per heavy atom. The lowest BCUT2D eigenvalue weighted by Gasteiger charge is -2.41. The zero-order valence-electron chi connectivity index (χ0n) is 20.8.